The zero-order valence-corrected chi connectivity index (χ0v) is 15.4. The number of nitrogens with zero attached hydrogens (tertiary/aromatic N) is 6. The van der Waals surface area contributed by atoms with Gasteiger partial charge in [0, 0.05) is 38.0 Å². The third-order valence-corrected chi connectivity index (χ3v) is 5.80. The Morgan fingerprint density at radius 2 is 2.00 bits per heavy atom. The molecule has 0 unspecified atom stereocenters. The second-order valence-corrected chi connectivity index (χ2v) is 7.83. The van der Waals surface area contributed by atoms with Crippen molar-refractivity contribution in [2.24, 2.45) is 5.41 Å². The van der Waals surface area contributed by atoms with Gasteiger partial charge in [0.1, 0.15) is 12.1 Å². The largest absolute Gasteiger partial charge is 0.342 e. The summed E-state index contributed by atoms with van der Waals surface area (Å²) in [4.78, 5) is 17.0. The van der Waals surface area contributed by atoms with Crippen LogP contribution in [0.2, 0.25) is 0 Å². The molecule has 0 N–H and O–H groups in total. The first-order valence-electron chi connectivity index (χ1n) is 9.57. The molecule has 1 amide bonds. The first-order valence-corrected chi connectivity index (χ1v) is 9.57. The zero-order chi connectivity index (χ0) is 18.7. The van der Waals surface area contributed by atoms with Crippen molar-refractivity contribution in [3.63, 3.8) is 0 Å². The molecule has 0 saturated carbocycles. The molecule has 2 aliphatic rings. The molecule has 8 heteroatoms. The van der Waals surface area contributed by atoms with Crippen LogP contribution in [0.3, 0.4) is 0 Å². The van der Waals surface area contributed by atoms with E-state index in [4.69, 9.17) is 0 Å². The first-order chi connectivity index (χ1) is 13.1. The molecule has 3 heterocycles. The van der Waals surface area contributed by atoms with E-state index >= 15 is 0 Å². The number of benzene rings is 1. The van der Waals surface area contributed by atoms with Gasteiger partial charge in [-0.2, -0.15) is 0 Å². The molecule has 1 spiro atoms. The van der Waals surface area contributed by atoms with Crippen molar-refractivity contribution in [2.45, 2.75) is 38.8 Å². The molecule has 2 fully saturated rings. The molecular weight excluding hydrogens is 347 g/mol. The van der Waals surface area contributed by atoms with Gasteiger partial charge >= 0.3 is 0 Å². The molecule has 2 saturated heterocycles. The number of piperidine rings is 1. The number of carbonyl (C=O) groups excluding carboxylic acids is 1. The van der Waals surface area contributed by atoms with Crippen molar-refractivity contribution in [1.29, 1.82) is 0 Å². The summed E-state index contributed by atoms with van der Waals surface area (Å²) >= 11 is 0. The van der Waals surface area contributed by atoms with Gasteiger partial charge < -0.3 is 4.90 Å². The van der Waals surface area contributed by atoms with Crippen LogP contribution in [0.25, 0.3) is 0 Å². The molecule has 0 aliphatic carbocycles. The molecule has 27 heavy (non-hydrogen) atoms. The number of tetrazole rings is 1. The summed E-state index contributed by atoms with van der Waals surface area (Å²) in [6, 6.07) is 6.77. The predicted octanol–water partition coefficient (Wildman–Crippen LogP) is 1.72. The second kappa shape index (κ2) is 7.72. The maximum atomic E-state index is 13.1. The normalized spacial score (nSPS) is 23.2. The Hall–Kier alpha value is -2.35. The average Bonchev–Trinajstić information content (AvgIpc) is 3.32. The van der Waals surface area contributed by atoms with Gasteiger partial charge in [0.05, 0.1) is 6.54 Å². The number of aromatic nitrogens is 4. The van der Waals surface area contributed by atoms with E-state index in [-0.39, 0.29) is 17.1 Å². The van der Waals surface area contributed by atoms with E-state index in [0.717, 1.165) is 51.1 Å². The molecule has 2 aliphatic heterocycles. The third kappa shape index (κ3) is 4.32. The number of likely N-dealkylation sites (tertiary alicyclic amines) is 2. The number of hydrogen-bond acceptors (Lipinski definition) is 5. The predicted molar refractivity (Wildman–Crippen MR) is 97.0 cm³/mol. The van der Waals surface area contributed by atoms with Crippen molar-refractivity contribution in [1.82, 2.24) is 30.0 Å². The third-order valence-electron chi connectivity index (χ3n) is 5.80. The highest BCUT2D eigenvalue weighted by Gasteiger charge is 2.42. The minimum Gasteiger partial charge on any atom is -0.342 e. The van der Waals surface area contributed by atoms with Crippen LogP contribution in [-0.2, 0) is 17.9 Å². The highest BCUT2D eigenvalue weighted by atomic mass is 19.1. The first kappa shape index (κ1) is 18.0. The Bertz CT molecular complexity index is 765. The SMILES string of the molecule is O=C(CCn1cnnn1)N1CC[C@@]2(CCCN(Cc3ccc(F)cc3)C2)C1. The number of carbonyl (C=O) groups is 1. The average molecular weight is 372 g/mol. The van der Waals surface area contributed by atoms with Crippen LogP contribution < -0.4 is 0 Å². The van der Waals surface area contributed by atoms with Gasteiger partial charge in [0.2, 0.25) is 5.91 Å². The molecule has 1 aromatic heterocycles. The van der Waals surface area contributed by atoms with E-state index in [2.05, 4.69) is 20.4 Å². The van der Waals surface area contributed by atoms with Gasteiger partial charge in [-0.1, -0.05) is 12.1 Å². The lowest BCUT2D eigenvalue weighted by Gasteiger charge is -2.40. The summed E-state index contributed by atoms with van der Waals surface area (Å²) in [5.41, 5.74) is 1.34. The Balaban J connectivity index is 1.31. The lowest BCUT2D eigenvalue weighted by Crippen LogP contribution is -2.45. The summed E-state index contributed by atoms with van der Waals surface area (Å²) in [5.74, 6) is -0.0153. The quantitative estimate of drug-likeness (QED) is 0.799. The lowest BCUT2D eigenvalue weighted by molar-refractivity contribution is -0.131. The molecule has 4 rings (SSSR count). The van der Waals surface area contributed by atoms with Crippen LogP contribution in [0, 0.1) is 11.2 Å². The molecule has 1 atom stereocenters. The van der Waals surface area contributed by atoms with Crippen LogP contribution in [0.4, 0.5) is 4.39 Å². The van der Waals surface area contributed by atoms with Crippen molar-refractivity contribution in [3.05, 3.63) is 42.0 Å². The standard InChI is InChI=1S/C19H25FN6O/c20-17-4-2-16(3-5-17)12-24-9-1-7-19(13-24)8-11-25(14-19)18(27)6-10-26-15-21-22-23-26/h2-5,15H,1,6-14H2/t19-/m1/s1. The van der Waals surface area contributed by atoms with Gasteiger partial charge in [0.25, 0.3) is 0 Å². The van der Waals surface area contributed by atoms with Crippen molar-refractivity contribution < 1.29 is 9.18 Å². The second-order valence-electron chi connectivity index (χ2n) is 7.83. The molecule has 0 bridgehead atoms. The summed E-state index contributed by atoms with van der Waals surface area (Å²) in [5, 5.41) is 11.0. The summed E-state index contributed by atoms with van der Waals surface area (Å²) in [7, 11) is 0. The summed E-state index contributed by atoms with van der Waals surface area (Å²) < 4.78 is 14.7. The maximum Gasteiger partial charge on any atom is 0.224 e. The van der Waals surface area contributed by atoms with Gasteiger partial charge in [-0.15, -0.1) is 5.10 Å². The Labute approximate surface area is 158 Å². The van der Waals surface area contributed by atoms with Gasteiger partial charge in [-0.05, 0) is 53.9 Å². The maximum absolute atomic E-state index is 13.1. The summed E-state index contributed by atoms with van der Waals surface area (Å²) in [6.45, 7) is 5.09. The molecule has 0 radical (unpaired) electrons. The van der Waals surface area contributed by atoms with Crippen molar-refractivity contribution in [2.75, 3.05) is 26.2 Å². The van der Waals surface area contributed by atoms with Crippen LogP contribution in [-0.4, -0.2) is 62.1 Å². The minimum atomic E-state index is -0.194. The highest BCUT2D eigenvalue weighted by molar-refractivity contribution is 5.76. The molecular formula is C19H25FN6O. The van der Waals surface area contributed by atoms with Crippen LogP contribution >= 0.6 is 0 Å². The van der Waals surface area contributed by atoms with E-state index in [9.17, 15) is 9.18 Å². The Morgan fingerprint density at radius 3 is 2.78 bits per heavy atom. The Morgan fingerprint density at radius 1 is 1.15 bits per heavy atom. The molecule has 2 aromatic rings. The lowest BCUT2D eigenvalue weighted by atomic mass is 9.79. The van der Waals surface area contributed by atoms with E-state index in [0.29, 0.717) is 13.0 Å². The van der Waals surface area contributed by atoms with Crippen LogP contribution in [0.5, 0.6) is 0 Å². The smallest absolute Gasteiger partial charge is 0.224 e. The van der Waals surface area contributed by atoms with E-state index in [1.807, 2.05) is 17.0 Å². The number of rotatable bonds is 5. The van der Waals surface area contributed by atoms with E-state index in [1.54, 1.807) is 4.68 Å². The van der Waals surface area contributed by atoms with Gasteiger partial charge in [-0.3, -0.25) is 9.69 Å². The van der Waals surface area contributed by atoms with Crippen LogP contribution in [0.15, 0.2) is 30.6 Å². The van der Waals surface area contributed by atoms with E-state index < -0.39 is 0 Å². The number of amides is 1. The van der Waals surface area contributed by atoms with Gasteiger partial charge in [0.15, 0.2) is 0 Å². The van der Waals surface area contributed by atoms with Crippen molar-refractivity contribution in [3.8, 4) is 0 Å². The minimum absolute atomic E-state index is 0.179. The topological polar surface area (TPSA) is 67.2 Å². The fraction of sp³-hybridized carbons (Fsp3) is 0.579. The summed E-state index contributed by atoms with van der Waals surface area (Å²) in [6.07, 6.45) is 5.34. The molecule has 144 valence electrons. The van der Waals surface area contributed by atoms with Crippen molar-refractivity contribution >= 4 is 5.91 Å². The number of aryl methyl sites for hydroxylation is 1. The van der Waals surface area contributed by atoms with Gasteiger partial charge in [-0.25, -0.2) is 9.07 Å². The van der Waals surface area contributed by atoms with Crippen LogP contribution in [0.1, 0.15) is 31.2 Å². The Kier molecular flexibility index (Phi) is 5.15. The number of hydrogen-bond donors (Lipinski definition) is 0. The number of halogens is 1. The fourth-order valence-corrected chi connectivity index (χ4v) is 4.43. The fourth-order valence-electron chi connectivity index (χ4n) is 4.43. The monoisotopic (exact) mass is 372 g/mol. The van der Waals surface area contributed by atoms with E-state index in [1.165, 1.54) is 24.9 Å². The zero-order valence-electron chi connectivity index (χ0n) is 15.4. The molecule has 1 aromatic carbocycles. The highest BCUT2D eigenvalue weighted by Crippen LogP contribution is 2.39. The molecule has 7 nitrogen and oxygen atoms in total.